The van der Waals surface area contributed by atoms with E-state index >= 15 is 0 Å². The summed E-state index contributed by atoms with van der Waals surface area (Å²) in [5, 5.41) is 2.41. The molecule has 41 heavy (non-hydrogen) atoms. The van der Waals surface area contributed by atoms with E-state index in [4.69, 9.17) is 9.98 Å². The molecule has 7 rings (SSSR count). The monoisotopic (exact) mass is 700 g/mol. The summed E-state index contributed by atoms with van der Waals surface area (Å²) in [6, 6.07) is 50.5. The SMILES string of the molecule is [Br][Ni][Br].c1ccc(N=C2C(=Nc3c(-c4ccccc4)cccc3-c3ccccc3)c3cccc4cccc2c34)cc1. The van der Waals surface area contributed by atoms with Crippen molar-refractivity contribution in [3.63, 3.8) is 0 Å². The number of hydrogen-bond donors (Lipinski definition) is 0. The van der Waals surface area contributed by atoms with Gasteiger partial charge in [0.1, 0.15) is 0 Å². The van der Waals surface area contributed by atoms with Crippen LogP contribution >= 0.6 is 28.5 Å². The van der Waals surface area contributed by atoms with Crippen molar-refractivity contribution in [3.05, 3.63) is 157 Å². The molecule has 0 aromatic heterocycles. The fourth-order valence-corrected chi connectivity index (χ4v) is 5.33. The minimum Gasteiger partial charge on any atom is -0.246 e. The van der Waals surface area contributed by atoms with Crippen LogP contribution in [0.4, 0.5) is 11.4 Å². The number of aliphatic imine (C=N–C) groups is 2. The predicted octanol–water partition coefficient (Wildman–Crippen LogP) is 11.1. The minimum absolute atomic E-state index is 0.904. The summed E-state index contributed by atoms with van der Waals surface area (Å²) in [7, 11) is 1.25. The van der Waals surface area contributed by atoms with E-state index in [0.29, 0.717) is 0 Å². The largest absolute Gasteiger partial charge is 0.246 e. The zero-order valence-corrected chi connectivity index (χ0v) is 26.0. The van der Waals surface area contributed by atoms with Crippen molar-refractivity contribution in [2.45, 2.75) is 0 Å². The molecular formula is C36H24Br2N2Ni. The van der Waals surface area contributed by atoms with Crippen molar-refractivity contribution < 1.29 is 10.9 Å². The van der Waals surface area contributed by atoms with E-state index in [0.717, 1.165) is 56.2 Å². The number of benzene rings is 6. The molecule has 2 nitrogen and oxygen atoms in total. The van der Waals surface area contributed by atoms with Crippen LogP contribution in [0, 0.1) is 0 Å². The molecule has 0 heterocycles. The average Bonchev–Trinajstić information content (AvgIpc) is 3.32. The van der Waals surface area contributed by atoms with Gasteiger partial charge in [-0.05, 0) is 28.6 Å². The third-order valence-corrected chi connectivity index (χ3v) is 7.07. The fourth-order valence-electron chi connectivity index (χ4n) is 5.33. The third-order valence-electron chi connectivity index (χ3n) is 7.07. The topological polar surface area (TPSA) is 24.7 Å². The maximum Gasteiger partial charge on any atom is 0.0979 e. The average molecular weight is 703 g/mol. The summed E-state index contributed by atoms with van der Waals surface area (Å²) in [6.07, 6.45) is 0. The van der Waals surface area contributed by atoms with E-state index in [1.54, 1.807) is 0 Å². The van der Waals surface area contributed by atoms with Gasteiger partial charge in [0.15, 0.2) is 0 Å². The minimum atomic E-state index is 0.904. The second-order valence-electron chi connectivity index (χ2n) is 9.44. The Kier molecular flexibility index (Phi) is 8.67. The summed E-state index contributed by atoms with van der Waals surface area (Å²) in [5.41, 5.74) is 10.4. The summed E-state index contributed by atoms with van der Waals surface area (Å²) in [6.45, 7) is 0. The number of para-hydroxylation sites is 2. The molecule has 0 radical (unpaired) electrons. The maximum absolute atomic E-state index is 5.51. The zero-order valence-electron chi connectivity index (χ0n) is 21.8. The molecule has 0 N–H and O–H groups in total. The van der Waals surface area contributed by atoms with Gasteiger partial charge in [-0.3, -0.25) is 0 Å². The number of hydrogen-bond acceptors (Lipinski definition) is 2. The molecule has 6 aromatic rings. The van der Waals surface area contributed by atoms with E-state index in [1.807, 2.05) is 30.3 Å². The molecular weight excluding hydrogens is 679 g/mol. The Balaban J connectivity index is 0.000000967. The van der Waals surface area contributed by atoms with Crippen LogP contribution in [-0.2, 0) is 10.9 Å². The van der Waals surface area contributed by atoms with E-state index in [2.05, 4.69) is 144 Å². The maximum atomic E-state index is 5.51. The van der Waals surface area contributed by atoms with E-state index in [9.17, 15) is 0 Å². The van der Waals surface area contributed by atoms with Crippen molar-refractivity contribution >= 4 is 62.0 Å². The molecule has 1 aliphatic carbocycles. The molecule has 1 aliphatic rings. The normalized spacial score (nSPS) is 13.9. The smallest absolute Gasteiger partial charge is 0.0979 e. The second kappa shape index (κ2) is 12.9. The molecule has 0 fully saturated rings. The molecule has 202 valence electrons. The summed E-state index contributed by atoms with van der Waals surface area (Å²) in [5.74, 6) is 0. The van der Waals surface area contributed by atoms with Crippen LogP contribution < -0.4 is 0 Å². The first-order valence-electron chi connectivity index (χ1n) is 13.1. The van der Waals surface area contributed by atoms with Crippen molar-refractivity contribution in [2.24, 2.45) is 9.98 Å². The van der Waals surface area contributed by atoms with Crippen LogP contribution in [0.15, 0.2) is 156 Å². The molecule has 5 heteroatoms. The van der Waals surface area contributed by atoms with Crippen LogP contribution in [0.3, 0.4) is 0 Å². The van der Waals surface area contributed by atoms with Crippen LogP contribution in [-0.4, -0.2) is 11.4 Å². The van der Waals surface area contributed by atoms with Gasteiger partial charge in [0.25, 0.3) is 0 Å². The van der Waals surface area contributed by atoms with Crippen LogP contribution in [0.1, 0.15) is 11.1 Å². The summed E-state index contributed by atoms with van der Waals surface area (Å²) >= 11 is 6.00. The molecule has 0 unspecified atom stereocenters. The zero-order chi connectivity index (χ0) is 28.0. The molecule has 0 bridgehead atoms. The van der Waals surface area contributed by atoms with Gasteiger partial charge >= 0.3 is 39.3 Å². The van der Waals surface area contributed by atoms with Crippen molar-refractivity contribution in [1.29, 1.82) is 0 Å². The van der Waals surface area contributed by atoms with Gasteiger partial charge in [-0.25, -0.2) is 9.98 Å². The van der Waals surface area contributed by atoms with Gasteiger partial charge < -0.3 is 0 Å². The number of nitrogens with zero attached hydrogens (tertiary/aromatic N) is 2. The molecule has 0 spiro atoms. The molecule has 0 atom stereocenters. The molecule has 6 aromatic carbocycles. The summed E-state index contributed by atoms with van der Waals surface area (Å²) in [4.78, 5) is 10.7. The predicted molar refractivity (Wildman–Crippen MR) is 178 cm³/mol. The van der Waals surface area contributed by atoms with Gasteiger partial charge in [0.05, 0.1) is 22.8 Å². The van der Waals surface area contributed by atoms with Crippen LogP contribution in [0.2, 0.25) is 0 Å². The fraction of sp³-hybridized carbons (Fsp3) is 0. The second-order valence-corrected chi connectivity index (χ2v) is 14.4. The first-order valence-corrected chi connectivity index (χ1v) is 18.0. The van der Waals surface area contributed by atoms with Gasteiger partial charge in [-0.15, -0.1) is 0 Å². The third kappa shape index (κ3) is 5.76. The number of rotatable bonds is 4. The molecule has 0 aliphatic heterocycles. The standard InChI is InChI=1S/C36H24N2.2BrH.Ni/c1-4-13-25(14-5-1)29-21-12-22-30(26-15-6-2-7-16-26)34(29)38-36-32-24-11-18-27-17-10-23-31(33(27)32)35(36)37-28-19-8-3-9-20-28;;;/h1-24H;2*1H;/q;;;+2/p-2. The van der Waals surface area contributed by atoms with Gasteiger partial charge in [-0.2, -0.15) is 0 Å². The summed E-state index contributed by atoms with van der Waals surface area (Å²) < 4.78 is 0. The first kappa shape index (κ1) is 27.5. The molecule has 0 amide bonds. The van der Waals surface area contributed by atoms with Crippen molar-refractivity contribution in [1.82, 2.24) is 0 Å². The van der Waals surface area contributed by atoms with E-state index in [-0.39, 0.29) is 0 Å². The Morgan fingerprint density at radius 3 is 1.34 bits per heavy atom. The van der Waals surface area contributed by atoms with Crippen molar-refractivity contribution in [3.8, 4) is 22.3 Å². The Hall–Kier alpha value is -3.63. The Morgan fingerprint density at radius 1 is 0.415 bits per heavy atom. The van der Waals surface area contributed by atoms with Gasteiger partial charge in [-0.1, -0.05) is 133 Å². The first-order chi connectivity index (χ1) is 20.3. The van der Waals surface area contributed by atoms with E-state index in [1.165, 1.54) is 21.7 Å². The Labute approximate surface area is 260 Å². The Bertz CT molecular complexity index is 1810. The van der Waals surface area contributed by atoms with E-state index < -0.39 is 0 Å². The van der Waals surface area contributed by atoms with Crippen LogP contribution in [0.25, 0.3) is 33.0 Å². The van der Waals surface area contributed by atoms with Crippen LogP contribution in [0.5, 0.6) is 0 Å². The quantitative estimate of drug-likeness (QED) is 0.163. The van der Waals surface area contributed by atoms with Gasteiger partial charge in [0.2, 0.25) is 0 Å². The molecule has 0 saturated carbocycles. The number of halogens is 2. The van der Waals surface area contributed by atoms with Gasteiger partial charge in [0, 0.05) is 27.6 Å². The molecule has 0 saturated heterocycles. The van der Waals surface area contributed by atoms with Crippen molar-refractivity contribution in [2.75, 3.05) is 0 Å². The Morgan fingerprint density at radius 2 is 0.829 bits per heavy atom.